The number of amides is 1. The molecule has 0 bridgehead atoms. The van der Waals surface area contributed by atoms with Crippen molar-refractivity contribution in [3.63, 3.8) is 0 Å². The molecule has 2 aromatic heterocycles. The molecule has 1 unspecified atom stereocenters. The number of hydrogen-bond acceptors (Lipinski definition) is 6. The number of fused-ring (bicyclic) bond motifs is 1. The van der Waals surface area contributed by atoms with Crippen LogP contribution in [0.25, 0.3) is 4.96 Å². The summed E-state index contributed by atoms with van der Waals surface area (Å²) in [4.78, 5) is 34.6. The van der Waals surface area contributed by atoms with Crippen LogP contribution < -0.4 is 10.9 Å². The van der Waals surface area contributed by atoms with Gasteiger partial charge in [0, 0.05) is 56.9 Å². The van der Waals surface area contributed by atoms with E-state index in [2.05, 4.69) is 33.1 Å². The molecule has 3 heterocycles. The molecule has 1 fully saturated rings. The molecule has 1 atom stereocenters. The molecule has 8 heteroatoms. The second-order valence-electron chi connectivity index (χ2n) is 7.77. The zero-order valence-electron chi connectivity index (χ0n) is 17.4. The Bertz CT molecular complexity index is 1080. The average Bonchev–Trinajstić information content (AvgIpc) is 3.22. The Morgan fingerprint density at radius 1 is 1.23 bits per heavy atom. The van der Waals surface area contributed by atoms with E-state index in [1.165, 1.54) is 16.9 Å². The zero-order chi connectivity index (χ0) is 21.1. The third kappa shape index (κ3) is 4.61. The van der Waals surface area contributed by atoms with Crippen LogP contribution in [0.3, 0.4) is 0 Å². The minimum Gasteiger partial charge on any atom is -0.351 e. The largest absolute Gasteiger partial charge is 0.351 e. The van der Waals surface area contributed by atoms with Gasteiger partial charge in [0.2, 0.25) is 5.91 Å². The van der Waals surface area contributed by atoms with Crippen molar-refractivity contribution in [3.05, 3.63) is 69.1 Å². The fraction of sp³-hybridized carbons (Fsp3) is 0.409. The molecule has 0 radical (unpaired) electrons. The van der Waals surface area contributed by atoms with Crippen molar-refractivity contribution >= 4 is 22.2 Å². The standard InChI is InChI=1S/C22H27N5O2S/c1-16-5-3-4-6-18(16)14-23-21(29)17(2)26-9-7-25(8-10-26)15-19-13-20(28)27-11-12-30-22(27)24-19/h3-6,11-13,17H,7-10,14-15H2,1-2H3,(H,23,29). The van der Waals surface area contributed by atoms with Gasteiger partial charge in [0.05, 0.1) is 11.7 Å². The maximum atomic E-state index is 12.6. The molecule has 0 saturated carbocycles. The number of nitrogens with zero attached hydrogens (tertiary/aromatic N) is 4. The molecule has 3 aromatic rings. The molecule has 0 spiro atoms. The number of hydrogen-bond donors (Lipinski definition) is 1. The van der Waals surface area contributed by atoms with Crippen LogP contribution in [0, 0.1) is 6.92 Å². The summed E-state index contributed by atoms with van der Waals surface area (Å²) < 4.78 is 1.57. The summed E-state index contributed by atoms with van der Waals surface area (Å²) in [5.41, 5.74) is 3.11. The Labute approximate surface area is 180 Å². The second-order valence-corrected chi connectivity index (χ2v) is 8.65. The monoisotopic (exact) mass is 425 g/mol. The smallest absolute Gasteiger partial charge is 0.258 e. The van der Waals surface area contributed by atoms with Gasteiger partial charge in [-0.15, -0.1) is 11.3 Å². The van der Waals surface area contributed by atoms with Crippen molar-refractivity contribution < 1.29 is 4.79 Å². The minimum atomic E-state index is -0.165. The fourth-order valence-corrected chi connectivity index (χ4v) is 4.55. The van der Waals surface area contributed by atoms with E-state index in [4.69, 9.17) is 0 Å². The summed E-state index contributed by atoms with van der Waals surface area (Å²) in [6.45, 7) is 8.58. The molecule has 1 aromatic carbocycles. The molecule has 1 amide bonds. The minimum absolute atomic E-state index is 0.0335. The molecule has 1 N–H and O–H groups in total. The molecule has 4 rings (SSSR count). The molecule has 1 aliphatic rings. The van der Waals surface area contributed by atoms with Gasteiger partial charge in [0.15, 0.2) is 4.96 Å². The average molecular weight is 426 g/mol. The van der Waals surface area contributed by atoms with Crippen LogP contribution in [-0.2, 0) is 17.9 Å². The predicted molar refractivity (Wildman–Crippen MR) is 119 cm³/mol. The zero-order valence-corrected chi connectivity index (χ0v) is 18.2. The molecule has 7 nitrogen and oxygen atoms in total. The van der Waals surface area contributed by atoms with Gasteiger partial charge in [-0.05, 0) is 25.0 Å². The van der Waals surface area contributed by atoms with Crippen molar-refractivity contribution in [2.24, 2.45) is 0 Å². The van der Waals surface area contributed by atoms with E-state index >= 15 is 0 Å². The molecule has 1 saturated heterocycles. The number of rotatable bonds is 6. The number of aryl methyl sites for hydroxylation is 1. The number of carbonyl (C=O) groups excluding carboxylic acids is 1. The van der Waals surface area contributed by atoms with Crippen LogP contribution in [0.4, 0.5) is 0 Å². The third-order valence-corrected chi connectivity index (χ3v) is 6.55. The summed E-state index contributed by atoms with van der Waals surface area (Å²) in [6.07, 6.45) is 1.75. The van der Waals surface area contributed by atoms with Crippen LogP contribution in [0.1, 0.15) is 23.7 Å². The van der Waals surface area contributed by atoms with Gasteiger partial charge in [-0.1, -0.05) is 24.3 Å². The highest BCUT2D eigenvalue weighted by molar-refractivity contribution is 7.15. The number of carbonyl (C=O) groups is 1. The summed E-state index contributed by atoms with van der Waals surface area (Å²) in [6, 6.07) is 9.56. The van der Waals surface area contributed by atoms with Gasteiger partial charge in [-0.3, -0.25) is 23.8 Å². The lowest BCUT2D eigenvalue weighted by molar-refractivity contribution is -0.126. The summed E-state index contributed by atoms with van der Waals surface area (Å²) in [5.74, 6) is 0.0598. The lowest BCUT2D eigenvalue weighted by atomic mass is 10.1. The first-order valence-corrected chi connectivity index (χ1v) is 11.1. The SMILES string of the molecule is Cc1ccccc1CNC(=O)C(C)N1CCN(Cc2cc(=O)n3ccsc3n2)CC1. The number of nitrogens with one attached hydrogen (secondary N) is 1. The number of aromatic nitrogens is 2. The van der Waals surface area contributed by atoms with E-state index in [-0.39, 0.29) is 17.5 Å². The van der Waals surface area contributed by atoms with E-state index in [1.807, 2.05) is 30.5 Å². The van der Waals surface area contributed by atoms with Crippen LogP contribution in [0.15, 0.2) is 46.7 Å². The summed E-state index contributed by atoms with van der Waals surface area (Å²) >= 11 is 1.47. The maximum Gasteiger partial charge on any atom is 0.258 e. The first-order valence-electron chi connectivity index (χ1n) is 10.3. The van der Waals surface area contributed by atoms with Gasteiger partial charge in [-0.25, -0.2) is 4.98 Å². The van der Waals surface area contributed by atoms with Gasteiger partial charge >= 0.3 is 0 Å². The maximum absolute atomic E-state index is 12.6. The highest BCUT2D eigenvalue weighted by Gasteiger charge is 2.25. The molecule has 158 valence electrons. The van der Waals surface area contributed by atoms with Crippen LogP contribution in [0.2, 0.25) is 0 Å². The highest BCUT2D eigenvalue weighted by atomic mass is 32.1. The predicted octanol–water partition coefficient (Wildman–Crippen LogP) is 1.89. The van der Waals surface area contributed by atoms with E-state index < -0.39 is 0 Å². The third-order valence-electron chi connectivity index (χ3n) is 5.79. The lowest BCUT2D eigenvalue weighted by Crippen LogP contribution is -2.53. The molecule has 1 aliphatic heterocycles. The van der Waals surface area contributed by atoms with Gasteiger partial charge < -0.3 is 5.32 Å². The van der Waals surface area contributed by atoms with Crippen molar-refractivity contribution in [1.82, 2.24) is 24.5 Å². The number of piperazine rings is 1. The fourth-order valence-electron chi connectivity index (χ4n) is 3.81. The van der Waals surface area contributed by atoms with Crippen molar-refractivity contribution in [3.8, 4) is 0 Å². The lowest BCUT2D eigenvalue weighted by Gasteiger charge is -2.37. The van der Waals surface area contributed by atoms with Crippen molar-refractivity contribution in [2.45, 2.75) is 33.0 Å². The van der Waals surface area contributed by atoms with Crippen molar-refractivity contribution in [2.75, 3.05) is 26.2 Å². The van der Waals surface area contributed by atoms with Gasteiger partial charge in [0.25, 0.3) is 5.56 Å². The Hall–Kier alpha value is -2.55. The first-order chi connectivity index (χ1) is 14.5. The Morgan fingerprint density at radius 2 is 2.00 bits per heavy atom. The van der Waals surface area contributed by atoms with E-state index in [0.717, 1.165) is 42.4 Å². The summed E-state index contributed by atoms with van der Waals surface area (Å²) in [7, 11) is 0. The van der Waals surface area contributed by atoms with E-state index in [1.54, 1.807) is 16.7 Å². The number of thiazole rings is 1. The summed E-state index contributed by atoms with van der Waals surface area (Å²) in [5, 5.41) is 4.94. The molecular weight excluding hydrogens is 398 g/mol. The van der Waals surface area contributed by atoms with Crippen LogP contribution in [0.5, 0.6) is 0 Å². The van der Waals surface area contributed by atoms with E-state index in [9.17, 15) is 9.59 Å². The van der Waals surface area contributed by atoms with Crippen molar-refractivity contribution in [1.29, 1.82) is 0 Å². The Morgan fingerprint density at radius 3 is 2.77 bits per heavy atom. The molecule has 0 aliphatic carbocycles. The first kappa shape index (κ1) is 20.7. The molecule has 30 heavy (non-hydrogen) atoms. The van der Waals surface area contributed by atoms with Crippen LogP contribution >= 0.6 is 11.3 Å². The molecular formula is C22H27N5O2S. The van der Waals surface area contributed by atoms with E-state index in [0.29, 0.717) is 13.1 Å². The van der Waals surface area contributed by atoms with Crippen LogP contribution in [-0.4, -0.2) is 57.3 Å². The normalized spacial score (nSPS) is 16.6. The highest BCUT2D eigenvalue weighted by Crippen LogP contribution is 2.12. The Kier molecular flexibility index (Phi) is 6.26. The Balaban J connectivity index is 1.28. The van der Waals surface area contributed by atoms with Gasteiger partial charge in [-0.2, -0.15) is 0 Å². The number of benzene rings is 1. The van der Waals surface area contributed by atoms with Gasteiger partial charge in [0.1, 0.15) is 0 Å². The second kappa shape index (κ2) is 9.07. The quantitative estimate of drug-likeness (QED) is 0.653. The topological polar surface area (TPSA) is 70.0 Å².